The maximum atomic E-state index is 11.2. The fourth-order valence-corrected chi connectivity index (χ4v) is 1.42. The Bertz CT molecular complexity index is 349. The summed E-state index contributed by atoms with van der Waals surface area (Å²) in [6, 6.07) is 0. The van der Waals surface area contributed by atoms with Gasteiger partial charge < -0.3 is 5.11 Å². The van der Waals surface area contributed by atoms with Crippen molar-refractivity contribution in [3.8, 4) is 0 Å². The van der Waals surface area contributed by atoms with E-state index in [0.717, 1.165) is 0 Å². The van der Waals surface area contributed by atoms with Gasteiger partial charge in [0.1, 0.15) is 4.88 Å². The van der Waals surface area contributed by atoms with Crippen LogP contribution in [0.2, 0.25) is 0 Å². The van der Waals surface area contributed by atoms with Crippen molar-refractivity contribution in [1.82, 2.24) is 10.5 Å². The molecule has 0 spiro atoms. The Morgan fingerprint density at radius 3 is 2.93 bits per heavy atom. The predicted octanol–water partition coefficient (Wildman–Crippen LogP) is 0.198. The molecular formula is C7H8N2O4S. The topological polar surface area (TPSA) is 88.5 Å². The van der Waals surface area contributed by atoms with Crippen LogP contribution >= 0.6 is 11.3 Å². The lowest BCUT2D eigenvalue weighted by Crippen LogP contribution is -2.26. The molecule has 0 saturated carbocycles. The number of carboxylic acid groups (broad SMARTS) is 1. The predicted molar refractivity (Wildman–Crippen MR) is 47.9 cm³/mol. The van der Waals surface area contributed by atoms with E-state index in [4.69, 9.17) is 5.11 Å². The van der Waals surface area contributed by atoms with Gasteiger partial charge in [0.25, 0.3) is 5.91 Å². The zero-order chi connectivity index (χ0) is 10.6. The highest BCUT2D eigenvalue weighted by Gasteiger charge is 2.11. The van der Waals surface area contributed by atoms with Crippen LogP contribution in [0.4, 0.5) is 0 Å². The molecule has 1 rings (SSSR count). The molecule has 1 heterocycles. The fourth-order valence-electron chi connectivity index (χ4n) is 0.730. The van der Waals surface area contributed by atoms with Gasteiger partial charge >= 0.3 is 5.97 Å². The molecule has 0 aliphatic heterocycles. The summed E-state index contributed by atoms with van der Waals surface area (Å²) in [6.07, 6.45) is 0. The van der Waals surface area contributed by atoms with E-state index in [1.165, 1.54) is 16.8 Å². The van der Waals surface area contributed by atoms with E-state index < -0.39 is 18.5 Å². The van der Waals surface area contributed by atoms with Crippen molar-refractivity contribution in [2.24, 2.45) is 0 Å². The van der Waals surface area contributed by atoms with Crippen LogP contribution in [0.5, 0.6) is 0 Å². The third-order valence-electron chi connectivity index (χ3n) is 1.31. The zero-order valence-corrected chi connectivity index (χ0v) is 8.13. The van der Waals surface area contributed by atoms with Crippen molar-refractivity contribution < 1.29 is 19.5 Å². The van der Waals surface area contributed by atoms with Crippen LogP contribution in [0.15, 0.2) is 5.51 Å². The molecule has 0 aliphatic rings. The fraction of sp³-hybridized carbons (Fsp3) is 0.286. The number of amides is 1. The highest BCUT2D eigenvalue weighted by molar-refractivity contribution is 7.11. The second-order valence-corrected chi connectivity index (χ2v) is 3.24. The number of aliphatic carboxylic acids is 1. The number of aryl methyl sites for hydroxylation is 1. The first-order chi connectivity index (χ1) is 6.61. The van der Waals surface area contributed by atoms with Crippen LogP contribution in [-0.4, -0.2) is 28.6 Å². The maximum absolute atomic E-state index is 11.2. The van der Waals surface area contributed by atoms with Crippen molar-refractivity contribution in [3.05, 3.63) is 16.1 Å². The molecule has 0 fully saturated rings. The molecule has 0 aromatic carbocycles. The molecule has 2 N–H and O–H groups in total. The molecule has 0 unspecified atom stereocenters. The van der Waals surface area contributed by atoms with Gasteiger partial charge in [0.15, 0.2) is 6.61 Å². The number of thiazole rings is 1. The summed E-state index contributed by atoms with van der Waals surface area (Å²) >= 11 is 1.17. The number of hydrogen-bond donors (Lipinski definition) is 2. The summed E-state index contributed by atoms with van der Waals surface area (Å²) in [4.78, 5) is 30.0. The van der Waals surface area contributed by atoms with Gasteiger partial charge in [-0.15, -0.1) is 11.3 Å². The largest absolute Gasteiger partial charge is 0.479 e. The number of rotatable bonds is 4. The molecular weight excluding hydrogens is 208 g/mol. The van der Waals surface area contributed by atoms with Gasteiger partial charge in [0.05, 0.1) is 11.2 Å². The van der Waals surface area contributed by atoms with E-state index in [0.29, 0.717) is 10.6 Å². The average Bonchev–Trinajstić information content (AvgIpc) is 2.50. The smallest absolute Gasteiger partial charge is 0.332 e. The third-order valence-corrected chi connectivity index (χ3v) is 2.24. The number of nitrogens with zero attached hydrogens (tertiary/aromatic N) is 1. The van der Waals surface area contributed by atoms with Crippen molar-refractivity contribution in [3.63, 3.8) is 0 Å². The van der Waals surface area contributed by atoms with Gasteiger partial charge in [-0.25, -0.2) is 15.3 Å². The van der Waals surface area contributed by atoms with E-state index >= 15 is 0 Å². The SMILES string of the molecule is Cc1ncsc1C(=O)NOCC(=O)O. The highest BCUT2D eigenvalue weighted by atomic mass is 32.1. The second-order valence-electron chi connectivity index (χ2n) is 2.38. The summed E-state index contributed by atoms with van der Waals surface area (Å²) in [5.41, 5.74) is 4.13. The first-order valence-corrected chi connectivity index (χ1v) is 4.53. The molecule has 0 radical (unpaired) electrons. The van der Waals surface area contributed by atoms with Crippen molar-refractivity contribution >= 4 is 23.2 Å². The quantitative estimate of drug-likeness (QED) is 0.702. The normalized spacial score (nSPS) is 9.79. The zero-order valence-electron chi connectivity index (χ0n) is 7.31. The Morgan fingerprint density at radius 2 is 2.43 bits per heavy atom. The number of carbonyl (C=O) groups is 2. The molecule has 0 aliphatic carbocycles. The van der Waals surface area contributed by atoms with Gasteiger partial charge in [0, 0.05) is 0 Å². The Morgan fingerprint density at radius 1 is 1.71 bits per heavy atom. The van der Waals surface area contributed by atoms with Gasteiger partial charge in [0.2, 0.25) is 0 Å². The van der Waals surface area contributed by atoms with E-state index in [1.807, 2.05) is 5.48 Å². The first-order valence-electron chi connectivity index (χ1n) is 3.65. The van der Waals surface area contributed by atoms with Crippen LogP contribution in [0.25, 0.3) is 0 Å². The van der Waals surface area contributed by atoms with E-state index in [1.54, 1.807) is 6.92 Å². The number of hydrogen-bond acceptors (Lipinski definition) is 5. The first kappa shape index (κ1) is 10.6. The summed E-state index contributed by atoms with van der Waals surface area (Å²) in [5, 5.41) is 8.23. The van der Waals surface area contributed by atoms with Gasteiger partial charge in [-0.1, -0.05) is 0 Å². The molecule has 1 aromatic heterocycles. The second kappa shape index (κ2) is 4.68. The van der Waals surface area contributed by atoms with Gasteiger partial charge in [-0.05, 0) is 6.92 Å². The van der Waals surface area contributed by atoms with Crippen LogP contribution < -0.4 is 5.48 Å². The lowest BCUT2D eigenvalue weighted by Gasteiger charge is -2.01. The molecule has 0 saturated heterocycles. The van der Waals surface area contributed by atoms with Crippen LogP contribution in [-0.2, 0) is 9.63 Å². The Labute approximate surface area is 83.5 Å². The summed E-state index contributed by atoms with van der Waals surface area (Å²) in [5.74, 6) is -1.63. The molecule has 14 heavy (non-hydrogen) atoms. The monoisotopic (exact) mass is 216 g/mol. The van der Waals surface area contributed by atoms with Crippen LogP contribution in [0.1, 0.15) is 15.4 Å². The lowest BCUT2D eigenvalue weighted by atomic mass is 10.4. The minimum absolute atomic E-state index is 0.412. The van der Waals surface area contributed by atoms with E-state index in [-0.39, 0.29) is 0 Å². The highest BCUT2D eigenvalue weighted by Crippen LogP contribution is 2.11. The molecule has 1 amide bonds. The number of carbonyl (C=O) groups excluding carboxylic acids is 1. The third kappa shape index (κ3) is 2.79. The number of nitrogens with one attached hydrogen (secondary N) is 1. The summed E-state index contributed by atoms with van der Waals surface area (Å²) in [6.45, 7) is 1.12. The Hall–Kier alpha value is -1.47. The number of hydroxylamine groups is 1. The molecule has 6 nitrogen and oxygen atoms in total. The number of aromatic nitrogens is 1. The van der Waals surface area contributed by atoms with E-state index in [9.17, 15) is 9.59 Å². The summed E-state index contributed by atoms with van der Waals surface area (Å²) < 4.78 is 0. The average molecular weight is 216 g/mol. The minimum atomic E-state index is -1.15. The summed E-state index contributed by atoms with van der Waals surface area (Å²) in [7, 11) is 0. The van der Waals surface area contributed by atoms with Crippen molar-refractivity contribution in [1.29, 1.82) is 0 Å². The Balaban J connectivity index is 2.44. The number of carboxylic acids is 1. The van der Waals surface area contributed by atoms with E-state index in [2.05, 4.69) is 9.82 Å². The van der Waals surface area contributed by atoms with Crippen molar-refractivity contribution in [2.75, 3.05) is 6.61 Å². The van der Waals surface area contributed by atoms with Gasteiger partial charge in [-0.3, -0.25) is 9.63 Å². The minimum Gasteiger partial charge on any atom is -0.479 e. The Kier molecular flexibility index (Phi) is 3.55. The molecule has 0 atom stereocenters. The van der Waals surface area contributed by atoms with Crippen LogP contribution in [0.3, 0.4) is 0 Å². The van der Waals surface area contributed by atoms with Gasteiger partial charge in [-0.2, -0.15) is 0 Å². The molecule has 1 aromatic rings. The molecule has 0 bridgehead atoms. The van der Waals surface area contributed by atoms with Crippen LogP contribution in [0, 0.1) is 6.92 Å². The van der Waals surface area contributed by atoms with Crippen molar-refractivity contribution in [2.45, 2.75) is 6.92 Å². The standard InChI is InChI=1S/C7H8N2O4S/c1-4-6(14-3-8-4)7(12)9-13-2-5(10)11/h3H,2H2,1H3,(H,9,12)(H,10,11). The molecule has 7 heteroatoms. The maximum Gasteiger partial charge on any atom is 0.332 e. The molecule has 76 valence electrons. The lowest BCUT2D eigenvalue weighted by molar-refractivity contribution is -0.144.